The van der Waals surface area contributed by atoms with Crippen LogP contribution in [0.1, 0.15) is 17.0 Å². The number of aromatic nitrogens is 2. The van der Waals surface area contributed by atoms with Crippen LogP contribution in [0, 0.1) is 0 Å². The monoisotopic (exact) mass is 720 g/mol. The second-order valence-corrected chi connectivity index (χ2v) is 11.4. The molecule has 4 aromatic carbocycles. The van der Waals surface area contributed by atoms with Gasteiger partial charge in [0.2, 0.25) is 0 Å². The fourth-order valence-corrected chi connectivity index (χ4v) is 6.68. The molecule has 3 aliphatic rings. The fraction of sp³-hybridized carbons (Fsp3) is 0.0526. The first-order chi connectivity index (χ1) is 20.7. The second-order valence-electron chi connectivity index (χ2n) is 11.4. The molecule has 0 amide bonds. The summed E-state index contributed by atoms with van der Waals surface area (Å²) in [7, 11) is 0. The van der Waals surface area contributed by atoms with Crippen molar-refractivity contribution in [3.8, 4) is 0 Å². The van der Waals surface area contributed by atoms with Crippen LogP contribution in [0.5, 0.6) is 0 Å². The molecule has 1 unspecified atom stereocenters. The number of hydrogen-bond acceptors (Lipinski definition) is 6. The average Bonchev–Trinajstić information content (AvgIpc) is 3.82. The van der Waals surface area contributed by atoms with E-state index in [1.807, 2.05) is 0 Å². The molecule has 8 nitrogen and oxygen atoms in total. The standard InChI is InChI=1S/C38H26N4.Cd.4H3N/c1-2-5-26-19-35-27(18-25(26)4-1)9-8-24-6-3-7-36(37(24)35)38-17-16-33(42-38)22-32-13-12-29(40-32)20-28-10-11-30(39-28)21-31-14-15-34(23-38)41-31;;;;;/h1-22,40-41H,23H2;;4*1H3. The number of fused-ring (bicyclic) bond motifs is 10. The van der Waals surface area contributed by atoms with Crippen molar-refractivity contribution in [2.75, 3.05) is 0 Å². The molecule has 9 heteroatoms. The zero-order chi connectivity index (χ0) is 27.7. The van der Waals surface area contributed by atoms with Gasteiger partial charge in [-0.05, 0) is 111 Å². The van der Waals surface area contributed by atoms with Crippen molar-refractivity contribution >= 4 is 62.0 Å². The number of rotatable bonds is 1. The Morgan fingerprint density at radius 3 is 2.13 bits per heavy atom. The van der Waals surface area contributed by atoms with Crippen molar-refractivity contribution in [2.24, 2.45) is 9.98 Å². The van der Waals surface area contributed by atoms with Gasteiger partial charge in [-0.1, -0.05) is 60.7 Å². The first kappa shape index (κ1) is 35.1. The Morgan fingerprint density at radius 2 is 1.32 bits per heavy atom. The van der Waals surface area contributed by atoms with E-state index in [0.29, 0.717) is 6.42 Å². The van der Waals surface area contributed by atoms with Crippen LogP contribution in [0.25, 0.3) is 50.5 Å². The molecule has 47 heavy (non-hydrogen) atoms. The Kier molecular flexibility index (Phi) is 10.1. The molecule has 0 radical (unpaired) electrons. The molecule has 5 heterocycles. The molecule has 14 N–H and O–H groups in total. The summed E-state index contributed by atoms with van der Waals surface area (Å²) in [6.07, 6.45) is 15.6. The minimum atomic E-state index is -0.572. The normalized spacial score (nSPS) is 17.1. The molecule has 0 saturated carbocycles. The third-order valence-corrected chi connectivity index (χ3v) is 8.60. The van der Waals surface area contributed by atoms with Crippen LogP contribution in [0.4, 0.5) is 0 Å². The summed E-state index contributed by atoms with van der Waals surface area (Å²) in [4.78, 5) is 17.5. The minimum absolute atomic E-state index is 0. The number of nitrogens with zero attached hydrogens (tertiary/aromatic N) is 2. The van der Waals surface area contributed by atoms with E-state index >= 15 is 0 Å². The van der Waals surface area contributed by atoms with Gasteiger partial charge in [0.05, 0.1) is 17.1 Å². The van der Waals surface area contributed by atoms with Crippen LogP contribution < -0.4 is 35.3 Å². The predicted molar refractivity (Wildman–Crippen MR) is 195 cm³/mol. The van der Waals surface area contributed by atoms with Gasteiger partial charge in [-0.2, -0.15) is 0 Å². The van der Waals surface area contributed by atoms with Crippen molar-refractivity contribution in [1.82, 2.24) is 34.6 Å². The molecule has 0 saturated heterocycles. The smallest absolute Gasteiger partial charge is 0.111 e. The van der Waals surface area contributed by atoms with E-state index in [1.54, 1.807) is 0 Å². The van der Waals surface area contributed by atoms with E-state index in [4.69, 9.17) is 9.98 Å². The second kappa shape index (κ2) is 13.6. The minimum Gasteiger partial charge on any atom is -0.359 e. The van der Waals surface area contributed by atoms with Gasteiger partial charge in [-0.25, -0.2) is 4.99 Å². The van der Waals surface area contributed by atoms with E-state index in [9.17, 15) is 0 Å². The van der Waals surface area contributed by atoms with Crippen LogP contribution in [0.15, 0.2) is 131 Å². The van der Waals surface area contributed by atoms with Crippen LogP contribution in [-0.2, 0) is 39.3 Å². The molecule has 0 fully saturated rings. The summed E-state index contributed by atoms with van der Waals surface area (Å²) < 4.78 is 0. The summed E-state index contributed by atoms with van der Waals surface area (Å²) in [6, 6.07) is 32.9. The molecule has 0 spiro atoms. The summed E-state index contributed by atoms with van der Waals surface area (Å²) in [5.74, 6) is 0. The van der Waals surface area contributed by atoms with Gasteiger partial charge < -0.3 is 34.6 Å². The molecule has 3 aliphatic heterocycles. The van der Waals surface area contributed by atoms with Gasteiger partial charge in [-0.15, -0.1) is 0 Å². The van der Waals surface area contributed by atoms with Crippen LogP contribution >= 0.6 is 0 Å². The number of hydrogen-bond donors (Lipinski definition) is 6. The van der Waals surface area contributed by atoms with Gasteiger partial charge in [0.15, 0.2) is 0 Å². The SMILES string of the molecule is C1=CC2=NC1=Cc1ccc([nH]1)CC1(c3cccc4ccc5cc6ccccc6cc5c34)C=CC(=N1)C=c1ccc([nH]1)=C2.N.N.N.N.[Cd]. The maximum absolute atomic E-state index is 5.49. The summed E-state index contributed by atoms with van der Waals surface area (Å²) in [5, 5.41) is 9.51. The molecule has 2 aromatic heterocycles. The van der Waals surface area contributed by atoms with Crippen molar-refractivity contribution < 1.29 is 27.3 Å². The summed E-state index contributed by atoms with van der Waals surface area (Å²) in [6.45, 7) is 0. The maximum Gasteiger partial charge on any atom is 0.111 e. The first-order valence-corrected chi connectivity index (χ1v) is 14.4. The van der Waals surface area contributed by atoms with Crippen LogP contribution in [0.3, 0.4) is 0 Å². The number of aliphatic imine (C=N–C) groups is 2. The zero-order valence-corrected chi connectivity index (χ0v) is 30.4. The third-order valence-electron chi connectivity index (χ3n) is 8.60. The van der Waals surface area contributed by atoms with E-state index in [-0.39, 0.29) is 51.9 Å². The Labute approximate surface area is 293 Å². The zero-order valence-electron chi connectivity index (χ0n) is 26.3. The Morgan fingerprint density at radius 1 is 0.596 bits per heavy atom. The molecular weight excluding hydrogens is 681 g/mol. The van der Waals surface area contributed by atoms with Crippen molar-refractivity contribution in [1.29, 1.82) is 0 Å². The number of allylic oxidation sites excluding steroid dienone is 3. The Balaban J connectivity index is 0.000001000. The fourth-order valence-electron chi connectivity index (χ4n) is 6.68. The molecule has 232 valence electrons. The summed E-state index contributed by atoms with van der Waals surface area (Å²) in [5.41, 5.74) is 5.62. The van der Waals surface area contributed by atoms with E-state index in [1.165, 1.54) is 37.9 Å². The van der Waals surface area contributed by atoms with Crippen molar-refractivity contribution in [3.05, 3.63) is 149 Å². The van der Waals surface area contributed by atoms with E-state index < -0.39 is 5.54 Å². The van der Waals surface area contributed by atoms with E-state index in [2.05, 4.69) is 143 Å². The first-order valence-electron chi connectivity index (χ1n) is 14.4. The largest absolute Gasteiger partial charge is 0.359 e. The third kappa shape index (κ3) is 6.09. The average molecular weight is 719 g/mol. The van der Waals surface area contributed by atoms with Gasteiger partial charge in [0.1, 0.15) is 5.54 Å². The van der Waals surface area contributed by atoms with Crippen molar-refractivity contribution in [3.63, 3.8) is 0 Å². The van der Waals surface area contributed by atoms with Gasteiger partial charge in [0.25, 0.3) is 0 Å². The van der Waals surface area contributed by atoms with E-state index in [0.717, 1.165) is 39.2 Å². The number of benzene rings is 4. The molecule has 6 aromatic rings. The Hall–Kier alpha value is -4.72. The Bertz CT molecular complexity index is 2410. The van der Waals surface area contributed by atoms with Gasteiger partial charge in [-0.3, -0.25) is 4.99 Å². The predicted octanol–water partition coefficient (Wildman–Crippen LogP) is 7.52. The van der Waals surface area contributed by atoms with Gasteiger partial charge >= 0.3 is 0 Å². The number of H-pyrrole nitrogens is 2. The molecule has 9 rings (SSSR count). The number of aromatic amines is 2. The molecule has 8 bridgehead atoms. The maximum atomic E-state index is 5.49. The van der Waals surface area contributed by atoms with Crippen molar-refractivity contribution in [2.45, 2.75) is 12.0 Å². The summed E-state index contributed by atoms with van der Waals surface area (Å²) >= 11 is 0. The molecule has 1 atom stereocenters. The number of nitrogens with one attached hydrogen (secondary N) is 2. The molecular formula is C38H38CdN8. The van der Waals surface area contributed by atoms with Crippen LogP contribution in [-0.4, -0.2) is 21.4 Å². The molecule has 0 aliphatic carbocycles. The van der Waals surface area contributed by atoms with Gasteiger partial charge in [0, 0.05) is 55.8 Å². The topological polar surface area (TPSA) is 196 Å². The van der Waals surface area contributed by atoms with Crippen LogP contribution in [0.2, 0.25) is 0 Å². The quantitative estimate of drug-likeness (QED) is 0.0581.